The lowest BCUT2D eigenvalue weighted by Gasteiger charge is -2.40. The Morgan fingerprint density at radius 3 is 3.18 bits per heavy atom. The van der Waals surface area contributed by atoms with Crippen LogP contribution in [0.4, 0.5) is 0 Å². The number of nitrogens with zero attached hydrogens (tertiary/aromatic N) is 1. The Labute approximate surface area is 104 Å². The first-order valence-corrected chi connectivity index (χ1v) is 6.80. The summed E-state index contributed by atoms with van der Waals surface area (Å²) >= 11 is 0. The Balaban J connectivity index is 1.83. The number of hydrogen-bond acceptors (Lipinski definition) is 3. The standard InChI is InChI=1S/C14H24N2O/c1-3-13-11-15-8-9-16(13)12(2)6-7-14-5-4-10-17-14/h4-5,10,12-13,15H,3,6-9,11H2,1-2H3. The Morgan fingerprint density at radius 1 is 1.59 bits per heavy atom. The van der Waals surface area contributed by atoms with Gasteiger partial charge >= 0.3 is 0 Å². The number of piperazine rings is 1. The van der Waals surface area contributed by atoms with Crippen molar-refractivity contribution in [2.75, 3.05) is 19.6 Å². The number of nitrogens with one attached hydrogen (secondary N) is 1. The van der Waals surface area contributed by atoms with Gasteiger partial charge in [0.1, 0.15) is 5.76 Å². The zero-order chi connectivity index (χ0) is 12.1. The van der Waals surface area contributed by atoms with Crippen LogP contribution in [-0.4, -0.2) is 36.6 Å². The van der Waals surface area contributed by atoms with Crippen LogP contribution in [0.2, 0.25) is 0 Å². The Hall–Kier alpha value is -0.800. The molecule has 1 saturated heterocycles. The van der Waals surface area contributed by atoms with E-state index in [-0.39, 0.29) is 0 Å². The molecular formula is C14H24N2O. The highest BCUT2D eigenvalue weighted by Crippen LogP contribution is 2.16. The zero-order valence-corrected chi connectivity index (χ0v) is 11.0. The van der Waals surface area contributed by atoms with E-state index in [4.69, 9.17) is 4.42 Å². The predicted octanol–water partition coefficient (Wildman–Crippen LogP) is 2.28. The summed E-state index contributed by atoms with van der Waals surface area (Å²) in [4.78, 5) is 2.65. The average molecular weight is 236 g/mol. The van der Waals surface area contributed by atoms with E-state index in [2.05, 4.69) is 30.1 Å². The minimum absolute atomic E-state index is 0.646. The van der Waals surface area contributed by atoms with Crippen LogP contribution in [-0.2, 0) is 6.42 Å². The highest BCUT2D eigenvalue weighted by Gasteiger charge is 2.24. The molecule has 1 N–H and O–H groups in total. The third-order valence-electron chi connectivity index (χ3n) is 3.82. The van der Waals surface area contributed by atoms with E-state index in [1.54, 1.807) is 6.26 Å². The molecule has 0 aliphatic carbocycles. The van der Waals surface area contributed by atoms with E-state index in [1.165, 1.54) is 19.4 Å². The second-order valence-corrected chi connectivity index (χ2v) is 4.97. The highest BCUT2D eigenvalue weighted by molar-refractivity contribution is 4.98. The van der Waals surface area contributed by atoms with Crippen molar-refractivity contribution in [3.63, 3.8) is 0 Å². The first kappa shape index (κ1) is 12.7. The van der Waals surface area contributed by atoms with E-state index in [9.17, 15) is 0 Å². The summed E-state index contributed by atoms with van der Waals surface area (Å²) in [5.74, 6) is 1.11. The largest absolute Gasteiger partial charge is 0.469 e. The molecule has 1 aliphatic heterocycles. The molecule has 0 radical (unpaired) electrons. The summed E-state index contributed by atoms with van der Waals surface area (Å²) in [6.07, 6.45) is 5.23. The molecule has 1 aromatic heterocycles. The smallest absolute Gasteiger partial charge is 0.103 e. The molecule has 0 aromatic carbocycles. The third kappa shape index (κ3) is 3.33. The molecule has 3 heteroatoms. The summed E-state index contributed by atoms with van der Waals surface area (Å²) < 4.78 is 5.39. The van der Waals surface area contributed by atoms with E-state index in [0.29, 0.717) is 12.1 Å². The first-order chi connectivity index (χ1) is 8.31. The minimum atomic E-state index is 0.646. The fourth-order valence-electron chi connectivity index (χ4n) is 2.71. The van der Waals surface area contributed by atoms with Crippen molar-refractivity contribution < 1.29 is 4.42 Å². The van der Waals surface area contributed by atoms with E-state index >= 15 is 0 Å². The lowest BCUT2D eigenvalue weighted by atomic mass is 10.0. The average Bonchev–Trinajstić information content (AvgIpc) is 2.89. The number of furan rings is 1. The summed E-state index contributed by atoms with van der Waals surface area (Å²) in [7, 11) is 0. The molecular weight excluding hydrogens is 212 g/mol. The molecule has 96 valence electrons. The van der Waals surface area contributed by atoms with Gasteiger partial charge in [-0.05, 0) is 31.9 Å². The van der Waals surface area contributed by atoms with Crippen LogP contribution in [0.3, 0.4) is 0 Å². The molecule has 2 rings (SSSR count). The van der Waals surface area contributed by atoms with E-state index < -0.39 is 0 Å². The number of aryl methyl sites for hydroxylation is 1. The SMILES string of the molecule is CCC1CNCCN1C(C)CCc1ccco1. The van der Waals surface area contributed by atoms with Crippen molar-refractivity contribution in [1.82, 2.24) is 10.2 Å². The van der Waals surface area contributed by atoms with Gasteiger partial charge in [0, 0.05) is 38.1 Å². The van der Waals surface area contributed by atoms with Gasteiger partial charge in [-0.2, -0.15) is 0 Å². The van der Waals surface area contributed by atoms with Crippen molar-refractivity contribution in [3.05, 3.63) is 24.2 Å². The second kappa shape index (κ2) is 6.22. The van der Waals surface area contributed by atoms with Gasteiger partial charge in [0.15, 0.2) is 0 Å². The Bertz CT molecular complexity index is 310. The van der Waals surface area contributed by atoms with Crippen LogP contribution < -0.4 is 5.32 Å². The molecule has 2 atom stereocenters. The van der Waals surface area contributed by atoms with E-state index in [0.717, 1.165) is 25.3 Å². The normalized spacial score (nSPS) is 23.8. The van der Waals surface area contributed by atoms with Crippen molar-refractivity contribution >= 4 is 0 Å². The summed E-state index contributed by atoms with van der Waals surface area (Å²) in [6, 6.07) is 5.39. The van der Waals surface area contributed by atoms with Gasteiger partial charge in [-0.15, -0.1) is 0 Å². The predicted molar refractivity (Wildman–Crippen MR) is 70.1 cm³/mol. The fourth-order valence-corrected chi connectivity index (χ4v) is 2.71. The van der Waals surface area contributed by atoms with Crippen molar-refractivity contribution in [2.45, 2.75) is 45.2 Å². The molecule has 0 saturated carbocycles. The molecule has 17 heavy (non-hydrogen) atoms. The minimum Gasteiger partial charge on any atom is -0.469 e. The maximum absolute atomic E-state index is 5.39. The quantitative estimate of drug-likeness (QED) is 0.850. The second-order valence-electron chi connectivity index (χ2n) is 4.97. The topological polar surface area (TPSA) is 28.4 Å². The monoisotopic (exact) mass is 236 g/mol. The fraction of sp³-hybridized carbons (Fsp3) is 0.714. The van der Waals surface area contributed by atoms with Crippen LogP contribution in [0.15, 0.2) is 22.8 Å². The molecule has 1 aliphatic rings. The Morgan fingerprint density at radius 2 is 2.47 bits per heavy atom. The molecule has 0 spiro atoms. The highest BCUT2D eigenvalue weighted by atomic mass is 16.3. The number of rotatable bonds is 5. The lowest BCUT2D eigenvalue weighted by molar-refractivity contribution is 0.106. The summed E-state index contributed by atoms with van der Waals surface area (Å²) in [5.41, 5.74) is 0. The molecule has 2 unspecified atom stereocenters. The van der Waals surface area contributed by atoms with Gasteiger partial charge in [0.2, 0.25) is 0 Å². The summed E-state index contributed by atoms with van der Waals surface area (Å²) in [6.45, 7) is 8.07. The van der Waals surface area contributed by atoms with Crippen LogP contribution in [0.5, 0.6) is 0 Å². The number of hydrogen-bond donors (Lipinski definition) is 1. The van der Waals surface area contributed by atoms with Crippen molar-refractivity contribution in [2.24, 2.45) is 0 Å². The lowest BCUT2D eigenvalue weighted by Crippen LogP contribution is -2.54. The van der Waals surface area contributed by atoms with Gasteiger partial charge in [-0.3, -0.25) is 4.90 Å². The maximum atomic E-state index is 5.39. The van der Waals surface area contributed by atoms with Gasteiger partial charge < -0.3 is 9.73 Å². The van der Waals surface area contributed by atoms with Gasteiger partial charge in [0.25, 0.3) is 0 Å². The van der Waals surface area contributed by atoms with Gasteiger partial charge in [-0.1, -0.05) is 6.92 Å². The third-order valence-corrected chi connectivity index (χ3v) is 3.82. The van der Waals surface area contributed by atoms with Gasteiger partial charge in [0.05, 0.1) is 6.26 Å². The van der Waals surface area contributed by atoms with Crippen molar-refractivity contribution in [3.8, 4) is 0 Å². The molecule has 2 heterocycles. The van der Waals surface area contributed by atoms with Crippen molar-refractivity contribution in [1.29, 1.82) is 0 Å². The molecule has 3 nitrogen and oxygen atoms in total. The maximum Gasteiger partial charge on any atom is 0.103 e. The van der Waals surface area contributed by atoms with Gasteiger partial charge in [-0.25, -0.2) is 0 Å². The van der Waals surface area contributed by atoms with Crippen LogP contribution in [0, 0.1) is 0 Å². The molecule has 1 fully saturated rings. The Kier molecular flexibility index (Phi) is 4.63. The summed E-state index contributed by atoms with van der Waals surface area (Å²) in [5, 5.41) is 3.48. The molecule has 1 aromatic rings. The van der Waals surface area contributed by atoms with Crippen LogP contribution in [0.1, 0.15) is 32.4 Å². The molecule has 0 bridgehead atoms. The van der Waals surface area contributed by atoms with E-state index in [1.807, 2.05) is 6.07 Å². The first-order valence-electron chi connectivity index (χ1n) is 6.80. The van der Waals surface area contributed by atoms with Crippen LogP contribution in [0.25, 0.3) is 0 Å². The molecule has 0 amide bonds. The zero-order valence-electron chi connectivity index (χ0n) is 11.0. The van der Waals surface area contributed by atoms with Crippen LogP contribution >= 0.6 is 0 Å².